The zero-order valence-corrected chi connectivity index (χ0v) is 17.0. The average molecular weight is 403 g/mol. The van der Waals surface area contributed by atoms with Crippen LogP contribution in [-0.2, 0) is 9.59 Å². The molecule has 1 saturated heterocycles. The molecule has 0 aromatic heterocycles. The summed E-state index contributed by atoms with van der Waals surface area (Å²) in [6.45, 7) is 2.44. The van der Waals surface area contributed by atoms with Gasteiger partial charge in [-0.05, 0) is 35.4 Å². The van der Waals surface area contributed by atoms with Gasteiger partial charge in [0.2, 0.25) is 11.8 Å². The number of carbonyl (C=O) groups is 2. The molecule has 3 rings (SSSR count). The van der Waals surface area contributed by atoms with Crippen molar-refractivity contribution in [1.29, 1.82) is 0 Å². The van der Waals surface area contributed by atoms with Crippen LogP contribution >= 0.6 is 12.6 Å². The smallest absolute Gasteiger partial charge is 0.242 e. The topological polar surface area (TPSA) is 78.9 Å². The van der Waals surface area contributed by atoms with Crippen LogP contribution in [-0.4, -0.2) is 59.9 Å². The van der Waals surface area contributed by atoms with Crippen molar-refractivity contribution in [2.24, 2.45) is 0 Å². The third kappa shape index (κ3) is 4.25. The van der Waals surface area contributed by atoms with Crippen molar-refractivity contribution in [2.45, 2.75) is 31.4 Å². The minimum atomic E-state index is -0.688. The lowest BCUT2D eigenvalue weighted by Crippen LogP contribution is -2.47. The predicted molar refractivity (Wildman–Crippen MR) is 112 cm³/mol. The SMILES string of the molecule is COc1ccc2cc([C@H](C)C(=O)N3CC(O)CC3C(=O)NCCS)ccc2c1. The van der Waals surface area contributed by atoms with Crippen LogP contribution in [0.1, 0.15) is 24.8 Å². The summed E-state index contributed by atoms with van der Waals surface area (Å²) in [7, 11) is 1.63. The number of ether oxygens (including phenoxy) is 1. The van der Waals surface area contributed by atoms with Crippen LogP contribution < -0.4 is 10.1 Å². The van der Waals surface area contributed by atoms with E-state index < -0.39 is 18.1 Å². The minimum absolute atomic E-state index is 0.157. The van der Waals surface area contributed by atoms with Crippen molar-refractivity contribution in [3.63, 3.8) is 0 Å². The van der Waals surface area contributed by atoms with Gasteiger partial charge in [0, 0.05) is 25.3 Å². The van der Waals surface area contributed by atoms with Crippen molar-refractivity contribution in [2.75, 3.05) is 26.0 Å². The Hall–Kier alpha value is -2.25. The van der Waals surface area contributed by atoms with E-state index in [0.717, 1.165) is 22.1 Å². The maximum atomic E-state index is 13.1. The zero-order chi connectivity index (χ0) is 20.3. The highest BCUT2D eigenvalue weighted by Crippen LogP contribution is 2.28. The van der Waals surface area contributed by atoms with Gasteiger partial charge in [-0.2, -0.15) is 12.6 Å². The molecule has 150 valence electrons. The van der Waals surface area contributed by atoms with Crippen molar-refractivity contribution in [3.05, 3.63) is 42.0 Å². The molecule has 6 nitrogen and oxygen atoms in total. The Morgan fingerprint density at radius 1 is 1.29 bits per heavy atom. The fourth-order valence-electron chi connectivity index (χ4n) is 3.63. The predicted octanol–water partition coefficient (Wildman–Crippen LogP) is 1.96. The first-order valence-electron chi connectivity index (χ1n) is 9.39. The molecule has 2 unspecified atom stereocenters. The van der Waals surface area contributed by atoms with Gasteiger partial charge in [0.1, 0.15) is 11.8 Å². The second-order valence-electron chi connectivity index (χ2n) is 7.10. The molecular weight excluding hydrogens is 376 g/mol. The summed E-state index contributed by atoms with van der Waals surface area (Å²) in [5, 5.41) is 14.8. The van der Waals surface area contributed by atoms with E-state index in [4.69, 9.17) is 4.74 Å². The van der Waals surface area contributed by atoms with Crippen LogP contribution in [0.4, 0.5) is 0 Å². The summed E-state index contributed by atoms with van der Waals surface area (Å²) >= 11 is 4.09. The van der Waals surface area contributed by atoms with Crippen molar-refractivity contribution in [3.8, 4) is 5.75 Å². The molecule has 0 radical (unpaired) electrons. The number of fused-ring (bicyclic) bond motifs is 1. The number of rotatable bonds is 6. The molecule has 1 aliphatic heterocycles. The average Bonchev–Trinajstić information content (AvgIpc) is 3.11. The van der Waals surface area contributed by atoms with Gasteiger partial charge < -0.3 is 20.1 Å². The van der Waals surface area contributed by atoms with Crippen LogP contribution in [0.25, 0.3) is 10.8 Å². The number of hydrogen-bond acceptors (Lipinski definition) is 5. The summed E-state index contributed by atoms with van der Waals surface area (Å²) in [6, 6.07) is 11.0. The Morgan fingerprint density at radius 3 is 2.71 bits per heavy atom. The highest BCUT2D eigenvalue weighted by molar-refractivity contribution is 7.80. The highest BCUT2D eigenvalue weighted by Gasteiger charge is 2.40. The number of nitrogens with one attached hydrogen (secondary N) is 1. The van der Waals surface area contributed by atoms with Gasteiger partial charge in [-0.1, -0.05) is 24.3 Å². The fraction of sp³-hybridized carbons (Fsp3) is 0.429. The van der Waals surface area contributed by atoms with E-state index in [2.05, 4.69) is 17.9 Å². The molecule has 0 saturated carbocycles. The van der Waals surface area contributed by atoms with Gasteiger partial charge in [0.15, 0.2) is 0 Å². The van der Waals surface area contributed by atoms with E-state index >= 15 is 0 Å². The number of likely N-dealkylation sites (tertiary alicyclic amines) is 1. The first kappa shape index (κ1) is 20.5. The summed E-state index contributed by atoms with van der Waals surface area (Å²) < 4.78 is 5.25. The summed E-state index contributed by atoms with van der Waals surface area (Å²) in [6.07, 6.45) is -0.430. The lowest BCUT2D eigenvalue weighted by molar-refractivity contribution is -0.139. The summed E-state index contributed by atoms with van der Waals surface area (Å²) in [4.78, 5) is 27.0. The number of thiol groups is 1. The highest BCUT2D eigenvalue weighted by atomic mass is 32.1. The van der Waals surface area contributed by atoms with E-state index in [9.17, 15) is 14.7 Å². The van der Waals surface area contributed by atoms with Gasteiger partial charge in [0.05, 0.1) is 19.1 Å². The Kier molecular flexibility index (Phi) is 6.46. The molecule has 3 atom stereocenters. The molecule has 1 aliphatic rings. The molecular formula is C21H26N2O4S. The maximum absolute atomic E-state index is 13.1. The lowest BCUT2D eigenvalue weighted by Gasteiger charge is -2.27. The van der Waals surface area contributed by atoms with E-state index in [1.54, 1.807) is 7.11 Å². The van der Waals surface area contributed by atoms with E-state index in [-0.39, 0.29) is 24.8 Å². The van der Waals surface area contributed by atoms with E-state index in [0.29, 0.717) is 12.3 Å². The summed E-state index contributed by atoms with van der Waals surface area (Å²) in [5.74, 6) is 0.488. The molecule has 1 heterocycles. The zero-order valence-electron chi connectivity index (χ0n) is 16.1. The molecule has 7 heteroatoms. The fourth-order valence-corrected chi connectivity index (χ4v) is 3.74. The third-order valence-corrected chi connectivity index (χ3v) is 5.44. The lowest BCUT2D eigenvalue weighted by atomic mass is 9.96. The van der Waals surface area contributed by atoms with E-state index in [1.807, 2.05) is 43.3 Å². The Morgan fingerprint density at radius 2 is 2.00 bits per heavy atom. The van der Waals surface area contributed by atoms with Gasteiger partial charge in [-0.25, -0.2) is 0 Å². The number of hydrogen-bond donors (Lipinski definition) is 3. The number of β-amino-alcohol motifs (C(OH)–C–C–N with tert-alkyl or cyclic N) is 1. The van der Waals surface area contributed by atoms with Crippen LogP contribution in [0.15, 0.2) is 36.4 Å². The quantitative estimate of drug-likeness (QED) is 0.646. The number of aliphatic hydroxyl groups is 1. The number of benzene rings is 2. The molecule has 0 aliphatic carbocycles. The Labute approximate surface area is 170 Å². The normalized spacial score (nSPS) is 20.2. The molecule has 2 amide bonds. The third-order valence-electron chi connectivity index (χ3n) is 5.22. The first-order chi connectivity index (χ1) is 13.4. The molecule has 2 N–H and O–H groups in total. The number of carbonyl (C=O) groups excluding carboxylic acids is 2. The number of amides is 2. The molecule has 0 spiro atoms. The number of methoxy groups -OCH3 is 1. The standard InChI is InChI=1S/C21H26N2O4S/c1-13(14-3-4-16-10-18(27-2)6-5-15(16)9-14)21(26)23-12-17(24)11-19(23)20(25)22-7-8-28/h3-6,9-10,13,17,19,24,28H,7-8,11-12H2,1-2H3,(H,22,25)/t13-,17?,19?/m0/s1. The van der Waals surface area contributed by atoms with Crippen LogP contribution in [0.2, 0.25) is 0 Å². The van der Waals surface area contributed by atoms with Gasteiger partial charge in [-0.3, -0.25) is 9.59 Å². The molecule has 0 bridgehead atoms. The molecule has 2 aromatic rings. The van der Waals surface area contributed by atoms with Crippen molar-refractivity contribution in [1.82, 2.24) is 10.2 Å². The first-order valence-corrected chi connectivity index (χ1v) is 10.0. The number of aliphatic hydroxyl groups excluding tert-OH is 1. The van der Waals surface area contributed by atoms with Crippen molar-refractivity contribution >= 4 is 35.2 Å². The monoisotopic (exact) mass is 402 g/mol. The molecule has 1 fully saturated rings. The molecule has 28 heavy (non-hydrogen) atoms. The number of nitrogens with zero attached hydrogens (tertiary/aromatic N) is 1. The second kappa shape index (κ2) is 8.84. The van der Waals surface area contributed by atoms with Crippen LogP contribution in [0.5, 0.6) is 5.75 Å². The van der Waals surface area contributed by atoms with E-state index in [1.165, 1.54) is 4.90 Å². The van der Waals surface area contributed by atoms with Crippen LogP contribution in [0.3, 0.4) is 0 Å². The van der Waals surface area contributed by atoms with Crippen molar-refractivity contribution < 1.29 is 19.4 Å². The maximum Gasteiger partial charge on any atom is 0.242 e. The van der Waals surface area contributed by atoms with Gasteiger partial charge in [0.25, 0.3) is 0 Å². The molecule has 2 aromatic carbocycles. The second-order valence-corrected chi connectivity index (χ2v) is 7.55. The van der Waals surface area contributed by atoms with Gasteiger partial charge in [-0.15, -0.1) is 0 Å². The largest absolute Gasteiger partial charge is 0.497 e. The summed E-state index contributed by atoms with van der Waals surface area (Å²) in [5.41, 5.74) is 0.874. The Balaban J connectivity index is 1.80. The van der Waals surface area contributed by atoms with Gasteiger partial charge >= 0.3 is 0 Å². The Bertz CT molecular complexity index is 873. The minimum Gasteiger partial charge on any atom is -0.497 e. The van der Waals surface area contributed by atoms with Crippen LogP contribution in [0, 0.1) is 0 Å².